The van der Waals surface area contributed by atoms with E-state index in [-0.39, 0.29) is 0 Å². The summed E-state index contributed by atoms with van der Waals surface area (Å²) < 4.78 is 0. The van der Waals surface area contributed by atoms with E-state index in [1.54, 1.807) is 4.90 Å². The SMILES string of the molecule is CSCC(C)CNc1nc(NN)nc(N(C)C)n1. The molecule has 8 heteroatoms. The summed E-state index contributed by atoms with van der Waals surface area (Å²) >= 11 is 1.83. The Hall–Kier alpha value is -1.28. The van der Waals surface area contributed by atoms with Crippen LogP contribution in [0.1, 0.15) is 6.92 Å². The average molecular weight is 271 g/mol. The molecule has 0 saturated carbocycles. The van der Waals surface area contributed by atoms with Crippen LogP contribution in [0, 0.1) is 5.92 Å². The molecule has 0 bridgehead atoms. The van der Waals surface area contributed by atoms with E-state index < -0.39 is 0 Å². The van der Waals surface area contributed by atoms with Gasteiger partial charge in [0.25, 0.3) is 0 Å². The molecule has 0 aliphatic carbocycles. The number of anilines is 3. The van der Waals surface area contributed by atoms with E-state index in [0.717, 1.165) is 12.3 Å². The van der Waals surface area contributed by atoms with Gasteiger partial charge in [0, 0.05) is 20.6 Å². The highest BCUT2D eigenvalue weighted by molar-refractivity contribution is 7.98. The molecule has 0 aromatic carbocycles. The highest BCUT2D eigenvalue weighted by atomic mass is 32.2. The van der Waals surface area contributed by atoms with Crippen molar-refractivity contribution in [3.05, 3.63) is 0 Å². The van der Waals surface area contributed by atoms with Crippen molar-refractivity contribution < 1.29 is 0 Å². The van der Waals surface area contributed by atoms with Crippen LogP contribution in [0.3, 0.4) is 0 Å². The van der Waals surface area contributed by atoms with Crippen LogP contribution in [-0.2, 0) is 0 Å². The van der Waals surface area contributed by atoms with Crippen molar-refractivity contribution in [2.45, 2.75) is 6.92 Å². The Labute approximate surface area is 112 Å². The zero-order chi connectivity index (χ0) is 13.5. The van der Waals surface area contributed by atoms with Gasteiger partial charge in [0.2, 0.25) is 17.8 Å². The molecule has 7 nitrogen and oxygen atoms in total. The van der Waals surface area contributed by atoms with E-state index in [2.05, 4.69) is 38.9 Å². The first-order valence-electron chi connectivity index (χ1n) is 5.69. The predicted molar refractivity (Wildman–Crippen MR) is 78.0 cm³/mol. The van der Waals surface area contributed by atoms with Crippen LogP contribution in [-0.4, -0.2) is 47.6 Å². The maximum absolute atomic E-state index is 5.34. The third kappa shape index (κ3) is 4.53. The number of hydrogen-bond acceptors (Lipinski definition) is 8. The summed E-state index contributed by atoms with van der Waals surface area (Å²) in [6.45, 7) is 3.00. The first kappa shape index (κ1) is 14.8. The third-order valence-electron chi connectivity index (χ3n) is 2.21. The summed E-state index contributed by atoms with van der Waals surface area (Å²) in [7, 11) is 3.74. The molecule has 1 atom stereocenters. The lowest BCUT2D eigenvalue weighted by atomic mass is 10.2. The Morgan fingerprint density at radius 1 is 1.28 bits per heavy atom. The summed E-state index contributed by atoms with van der Waals surface area (Å²) in [5, 5.41) is 3.20. The number of nitrogens with one attached hydrogen (secondary N) is 2. The molecule has 0 saturated heterocycles. The monoisotopic (exact) mass is 271 g/mol. The van der Waals surface area contributed by atoms with E-state index in [0.29, 0.717) is 23.8 Å². The molecule has 4 N–H and O–H groups in total. The summed E-state index contributed by atoms with van der Waals surface area (Å²) in [5.41, 5.74) is 2.44. The van der Waals surface area contributed by atoms with Gasteiger partial charge in [-0.2, -0.15) is 26.7 Å². The van der Waals surface area contributed by atoms with Gasteiger partial charge in [-0.05, 0) is 17.9 Å². The van der Waals surface area contributed by atoms with Crippen LogP contribution >= 0.6 is 11.8 Å². The fraction of sp³-hybridized carbons (Fsp3) is 0.700. The lowest BCUT2D eigenvalue weighted by Crippen LogP contribution is -2.20. The average Bonchev–Trinajstić information content (AvgIpc) is 2.36. The number of hydrogen-bond donors (Lipinski definition) is 3. The minimum atomic E-state index is 0.355. The molecule has 0 radical (unpaired) electrons. The van der Waals surface area contributed by atoms with Crippen LogP contribution in [0.5, 0.6) is 0 Å². The number of nitrogens with zero attached hydrogens (tertiary/aromatic N) is 4. The number of nitrogen functional groups attached to an aromatic ring is 1. The molecule has 1 aromatic rings. The van der Waals surface area contributed by atoms with E-state index >= 15 is 0 Å². The normalized spacial score (nSPS) is 12.1. The van der Waals surface area contributed by atoms with E-state index in [1.807, 2.05) is 25.9 Å². The maximum Gasteiger partial charge on any atom is 0.243 e. The Morgan fingerprint density at radius 2 is 1.94 bits per heavy atom. The van der Waals surface area contributed by atoms with Gasteiger partial charge >= 0.3 is 0 Å². The van der Waals surface area contributed by atoms with Crippen LogP contribution in [0.2, 0.25) is 0 Å². The lowest BCUT2D eigenvalue weighted by molar-refractivity contribution is 0.696. The minimum Gasteiger partial charge on any atom is -0.354 e. The smallest absolute Gasteiger partial charge is 0.243 e. The van der Waals surface area contributed by atoms with Crippen molar-refractivity contribution in [3.63, 3.8) is 0 Å². The van der Waals surface area contributed by atoms with E-state index in [4.69, 9.17) is 5.84 Å². The van der Waals surface area contributed by atoms with Crippen molar-refractivity contribution in [1.82, 2.24) is 15.0 Å². The molecular weight excluding hydrogens is 250 g/mol. The fourth-order valence-electron chi connectivity index (χ4n) is 1.32. The third-order valence-corrected chi connectivity index (χ3v) is 3.11. The largest absolute Gasteiger partial charge is 0.354 e. The van der Waals surface area contributed by atoms with Crippen molar-refractivity contribution >= 4 is 29.6 Å². The second kappa shape index (κ2) is 7.22. The summed E-state index contributed by atoms with van der Waals surface area (Å²) in [4.78, 5) is 14.4. The van der Waals surface area contributed by atoms with Crippen LogP contribution < -0.4 is 21.5 Å². The van der Waals surface area contributed by atoms with Crippen molar-refractivity contribution in [2.24, 2.45) is 11.8 Å². The number of aromatic nitrogens is 3. The zero-order valence-electron chi connectivity index (χ0n) is 11.3. The van der Waals surface area contributed by atoms with Crippen LogP contribution in [0.25, 0.3) is 0 Å². The predicted octanol–water partition coefficient (Wildman–Crippen LogP) is 0.634. The van der Waals surface area contributed by atoms with Gasteiger partial charge in [-0.3, -0.25) is 5.43 Å². The molecule has 1 unspecified atom stereocenters. The number of nitrogens with two attached hydrogens (primary N) is 1. The minimum absolute atomic E-state index is 0.355. The lowest BCUT2D eigenvalue weighted by Gasteiger charge is -2.14. The van der Waals surface area contributed by atoms with Gasteiger partial charge < -0.3 is 10.2 Å². The molecular formula is C10H21N7S. The molecule has 0 spiro atoms. The Morgan fingerprint density at radius 3 is 2.50 bits per heavy atom. The molecule has 0 aliphatic rings. The highest BCUT2D eigenvalue weighted by Crippen LogP contribution is 2.11. The maximum atomic E-state index is 5.34. The molecule has 1 rings (SSSR count). The van der Waals surface area contributed by atoms with Gasteiger partial charge in [0.05, 0.1) is 0 Å². The van der Waals surface area contributed by atoms with Crippen molar-refractivity contribution in [3.8, 4) is 0 Å². The van der Waals surface area contributed by atoms with Gasteiger partial charge in [0.15, 0.2) is 0 Å². The van der Waals surface area contributed by atoms with E-state index in [9.17, 15) is 0 Å². The van der Waals surface area contributed by atoms with Crippen LogP contribution in [0.4, 0.5) is 17.8 Å². The quantitative estimate of drug-likeness (QED) is 0.491. The number of hydrazine groups is 1. The van der Waals surface area contributed by atoms with Gasteiger partial charge in [-0.15, -0.1) is 0 Å². The second-order valence-corrected chi connectivity index (χ2v) is 5.17. The molecule has 18 heavy (non-hydrogen) atoms. The molecule has 102 valence electrons. The highest BCUT2D eigenvalue weighted by Gasteiger charge is 2.08. The first-order valence-corrected chi connectivity index (χ1v) is 7.09. The van der Waals surface area contributed by atoms with Crippen LogP contribution in [0.15, 0.2) is 0 Å². The summed E-state index contributed by atoms with van der Waals surface area (Å²) in [6, 6.07) is 0. The Bertz CT molecular complexity index is 371. The summed E-state index contributed by atoms with van der Waals surface area (Å²) in [6.07, 6.45) is 2.10. The fourth-order valence-corrected chi connectivity index (χ4v) is 2.00. The molecule has 0 aliphatic heterocycles. The molecule has 1 aromatic heterocycles. The molecule has 1 heterocycles. The second-order valence-electron chi connectivity index (χ2n) is 4.26. The van der Waals surface area contributed by atoms with Gasteiger partial charge in [-0.1, -0.05) is 6.92 Å². The van der Waals surface area contributed by atoms with Crippen molar-refractivity contribution in [1.29, 1.82) is 0 Å². The van der Waals surface area contributed by atoms with E-state index in [1.165, 1.54) is 0 Å². The number of thioether (sulfide) groups is 1. The van der Waals surface area contributed by atoms with Gasteiger partial charge in [0.1, 0.15) is 0 Å². The molecule has 0 amide bonds. The first-order chi connectivity index (χ1) is 8.56. The Kier molecular flexibility index (Phi) is 5.93. The number of rotatable bonds is 7. The van der Waals surface area contributed by atoms with Gasteiger partial charge in [-0.25, -0.2) is 5.84 Å². The zero-order valence-corrected chi connectivity index (χ0v) is 12.1. The Balaban J connectivity index is 2.72. The van der Waals surface area contributed by atoms with Crippen molar-refractivity contribution in [2.75, 3.05) is 48.3 Å². The topological polar surface area (TPSA) is 92.0 Å². The summed E-state index contributed by atoms with van der Waals surface area (Å²) in [5.74, 6) is 8.45. The molecule has 0 fully saturated rings. The standard InChI is InChI=1S/C10H21N7S/c1-7(6-18-4)5-12-8-13-9(16-11)15-10(14-8)17(2)3/h7H,5-6,11H2,1-4H3,(H2,12,13,14,15,16).